The minimum Gasteiger partial charge on any atom is -0.454 e. The first-order valence-corrected chi connectivity index (χ1v) is 7.03. The van der Waals surface area contributed by atoms with Gasteiger partial charge in [0.25, 0.3) is 5.91 Å². The molecule has 1 heterocycles. The summed E-state index contributed by atoms with van der Waals surface area (Å²) in [5.74, 6) is 1.35. The van der Waals surface area contributed by atoms with Crippen molar-refractivity contribution < 1.29 is 14.3 Å². The Morgan fingerprint density at radius 3 is 2.81 bits per heavy atom. The molecule has 4 nitrogen and oxygen atoms in total. The van der Waals surface area contributed by atoms with Crippen LogP contribution in [0.4, 0.5) is 0 Å². The molecule has 1 amide bonds. The molecule has 0 fully saturated rings. The Bertz CT molecular complexity index is 672. The highest BCUT2D eigenvalue weighted by atomic mass is 35.5. The highest BCUT2D eigenvalue weighted by Gasteiger charge is 2.13. The monoisotopic (exact) mass is 303 g/mol. The van der Waals surface area contributed by atoms with Gasteiger partial charge in [0, 0.05) is 6.54 Å². The molecule has 0 aromatic heterocycles. The van der Waals surface area contributed by atoms with E-state index in [1.807, 2.05) is 18.2 Å². The van der Waals surface area contributed by atoms with Crippen molar-refractivity contribution in [1.29, 1.82) is 0 Å². The smallest absolute Gasteiger partial charge is 0.252 e. The van der Waals surface area contributed by atoms with Crippen LogP contribution in [0.5, 0.6) is 11.5 Å². The van der Waals surface area contributed by atoms with Gasteiger partial charge >= 0.3 is 0 Å². The van der Waals surface area contributed by atoms with Gasteiger partial charge in [0.1, 0.15) is 0 Å². The van der Waals surface area contributed by atoms with E-state index in [-0.39, 0.29) is 12.7 Å². The highest BCUT2D eigenvalue weighted by molar-refractivity contribution is 6.33. The first kappa shape index (κ1) is 13.8. The molecular weight excluding hydrogens is 290 g/mol. The van der Waals surface area contributed by atoms with E-state index in [1.165, 1.54) is 0 Å². The largest absolute Gasteiger partial charge is 0.454 e. The van der Waals surface area contributed by atoms with Crippen molar-refractivity contribution in [3.63, 3.8) is 0 Å². The molecule has 0 bridgehead atoms. The Morgan fingerprint density at radius 1 is 1.14 bits per heavy atom. The van der Waals surface area contributed by atoms with Gasteiger partial charge in [0.2, 0.25) is 6.79 Å². The van der Waals surface area contributed by atoms with E-state index in [0.29, 0.717) is 23.6 Å². The Labute approximate surface area is 127 Å². The molecule has 1 aliphatic heterocycles. The lowest BCUT2D eigenvalue weighted by atomic mass is 10.1. The lowest BCUT2D eigenvalue weighted by Crippen LogP contribution is -2.25. The lowest BCUT2D eigenvalue weighted by molar-refractivity contribution is 0.0954. The van der Waals surface area contributed by atoms with Crippen molar-refractivity contribution in [3.8, 4) is 11.5 Å². The number of fused-ring (bicyclic) bond motifs is 1. The normalized spacial score (nSPS) is 12.2. The van der Waals surface area contributed by atoms with Crippen molar-refractivity contribution >= 4 is 17.5 Å². The summed E-state index contributed by atoms with van der Waals surface area (Å²) < 4.78 is 10.6. The van der Waals surface area contributed by atoms with Crippen molar-refractivity contribution in [2.45, 2.75) is 6.42 Å². The van der Waals surface area contributed by atoms with Crippen LogP contribution in [0.3, 0.4) is 0 Å². The maximum Gasteiger partial charge on any atom is 0.252 e. The zero-order valence-electron chi connectivity index (χ0n) is 11.3. The molecule has 0 saturated carbocycles. The third-order valence-electron chi connectivity index (χ3n) is 3.25. The van der Waals surface area contributed by atoms with E-state index < -0.39 is 0 Å². The van der Waals surface area contributed by atoms with Crippen LogP contribution in [0.1, 0.15) is 15.9 Å². The summed E-state index contributed by atoms with van der Waals surface area (Å²) in [6, 6.07) is 12.8. The quantitative estimate of drug-likeness (QED) is 0.944. The minimum atomic E-state index is -0.165. The molecule has 2 aromatic carbocycles. The number of hydrogen-bond acceptors (Lipinski definition) is 3. The molecule has 2 aromatic rings. The van der Waals surface area contributed by atoms with Crippen LogP contribution in [0.15, 0.2) is 42.5 Å². The summed E-state index contributed by atoms with van der Waals surface area (Å²) in [4.78, 5) is 12.0. The molecular formula is C16H14ClNO3. The second-order valence-corrected chi connectivity index (χ2v) is 5.08. The number of hydrogen-bond donors (Lipinski definition) is 1. The third kappa shape index (κ3) is 3.11. The molecule has 1 aliphatic rings. The number of nitrogens with one attached hydrogen (secondary N) is 1. The second-order valence-electron chi connectivity index (χ2n) is 4.67. The molecule has 0 saturated heterocycles. The average molecular weight is 304 g/mol. The predicted octanol–water partition coefficient (Wildman–Crippen LogP) is 3.04. The fourth-order valence-electron chi connectivity index (χ4n) is 2.16. The fourth-order valence-corrected chi connectivity index (χ4v) is 2.38. The third-order valence-corrected chi connectivity index (χ3v) is 3.58. The van der Waals surface area contributed by atoms with E-state index in [9.17, 15) is 4.79 Å². The van der Waals surface area contributed by atoms with Crippen molar-refractivity contribution in [1.82, 2.24) is 5.32 Å². The van der Waals surface area contributed by atoms with Crippen LogP contribution in [-0.4, -0.2) is 19.2 Å². The van der Waals surface area contributed by atoms with Gasteiger partial charge in [-0.25, -0.2) is 0 Å². The maximum atomic E-state index is 12.0. The van der Waals surface area contributed by atoms with Gasteiger partial charge in [-0.2, -0.15) is 0 Å². The van der Waals surface area contributed by atoms with E-state index >= 15 is 0 Å². The van der Waals surface area contributed by atoms with Gasteiger partial charge in [-0.3, -0.25) is 4.79 Å². The molecule has 3 rings (SSSR count). The number of amides is 1. The van der Waals surface area contributed by atoms with Crippen LogP contribution >= 0.6 is 11.6 Å². The van der Waals surface area contributed by atoms with Crippen LogP contribution in [0.25, 0.3) is 0 Å². The predicted molar refractivity (Wildman–Crippen MR) is 80.1 cm³/mol. The lowest BCUT2D eigenvalue weighted by Gasteiger charge is -2.07. The summed E-state index contributed by atoms with van der Waals surface area (Å²) in [5, 5.41) is 3.32. The van der Waals surface area contributed by atoms with Crippen LogP contribution in [0.2, 0.25) is 5.02 Å². The number of carbonyl (C=O) groups excluding carboxylic acids is 1. The Hall–Kier alpha value is -2.20. The Morgan fingerprint density at radius 2 is 1.95 bits per heavy atom. The minimum absolute atomic E-state index is 0.165. The van der Waals surface area contributed by atoms with E-state index in [2.05, 4.69) is 5.32 Å². The van der Waals surface area contributed by atoms with Crippen LogP contribution < -0.4 is 14.8 Å². The molecule has 0 radical (unpaired) electrons. The maximum absolute atomic E-state index is 12.0. The highest BCUT2D eigenvalue weighted by Crippen LogP contribution is 2.32. The zero-order chi connectivity index (χ0) is 14.7. The van der Waals surface area contributed by atoms with Crippen molar-refractivity contribution in [3.05, 3.63) is 58.6 Å². The molecule has 21 heavy (non-hydrogen) atoms. The number of benzene rings is 2. The second kappa shape index (κ2) is 6.06. The Balaban J connectivity index is 1.57. The summed E-state index contributed by atoms with van der Waals surface area (Å²) in [5.41, 5.74) is 1.57. The van der Waals surface area contributed by atoms with Gasteiger partial charge in [0.15, 0.2) is 11.5 Å². The molecule has 1 N–H and O–H groups in total. The summed E-state index contributed by atoms with van der Waals surface area (Å²) in [7, 11) is 0. The Kier molecular flexibility index (Phi) is 3.97. The number of ether oxygens (including phenoxy) is 2. The van der Waals surface area contributed by atoms with Crippen molar-refractivity contribution in [2.24, 2.45) is 0 Å². The van der Waals surface area contributed by atoms with E-state index in [0.717, 1.165) is 17.1 Å². The van der Waals surface area contributed by atoms with Gasteiger partial charge in [-0.15, -0.1) is 0 Å². The van der Waals surface area contributed by atoms with Gasteiger partial charge < -0.3 is 14.8 Å². The van der Waals surface area contributed by atoms with E-state index in [1.54, 1.807) is 24.3 Å². The zero-order valence-corrected chi connectivity index (χ0v) is 12.0. The van der Waals surface area contributed by atoms with Gasteiger partial charge in [-0.05, 0) is 36.2 Å². The topological polar surface area (TPSA) is 47.6 Å². The van der Waals surface area contributed by atoms with Crippen LogP contribution in [-0.2, 0) is 6.42 Å². The average Bonchev–Trinajstić information content (AvgIpc) is 2.95. The molecule has 0 aliphatic carbocycles. The first-order valence-electron chi connectivity index (χ1n) is 6.65. The standard InChI is InChI=1S/C16H14ClNO3/c17-13-4-2-1-3-12(13)16(19)18-8-7-11-5-6-14-15(9-11)21-10-20-14/h1-6,9H,7-8,10H2,(H,18,19). The summed E-state index contributed by atoms with van der Waals surface area (Å²) in [6.45, 7) is 0.797. The summed E-state index contributed by atoms with van der Waals surface area (Å²) in [6.07, 6.45) is 0.715. The fraction of sp³-hybridized carbons (Fsp3) is 0.188. The van der Waals surface area contributed by atoms with Gasteiger partial charge in [-0.1, -0.05) is 29.8 Å². The first-order chi connectivity index (χ1) is 10.2. The molecule has 0 spiro atoms. The SMILES string of the molecule is O=C(NCCc1ccc2c(c1)OCO2)c1ccccc1Cl. The van der Waals surface area contributed by atoms with Crippen molar-refractivity contribution in [2.75, 3.05) is 13.3 Å². The molecule has 108 valence electrons. The molecule has 5 heteroatoms. The van der Waals surface area contributed by atoms with E-state index in [4.69, 9.17) is 21.1 Å². The number of carbonyl (C=O) groups is 1. The molecule has 0 unspecified atom stereocenters. The summed E-state index contributed by atoms with van der Waals surface area (Å²) >= 11 is 5.99. The number of halogens is 1. The van der Waals surface area contributed by atoms with Gasteiger partial charge in [0.05, 0.1) is 10.6 Å². The number of rotatable bonds is 4. The molecule has 0 atom stereocenters. The van der Waals surface area contributed by atoms with Crippen LogP contribution in [0, 0.1) is 0 Å².